The zero-order valence-corrected chi connectivity index (χ0v) is 11.5. The lowest BCUT2D eigenvalue weighted by molar-refractivity contribution is 0.548. The lowest BCUT2D eigenvalue weighted by Gasteiger charge is -2.07. The summed E-state index contributed by atoms with van der Waals surface area (Å²) < 4.78 is 5.61. The first-order valence-electron chi connectivity index (χ1n) is 5.77. The molecule has 0 amide bonds. The van der Waals surface area contributed by atoms with E-state index < -0.39 is 0 Å². The number of hydrogen-bond donors (Lipinski definition) is 0. The molecule has 0 N–H and O–H groups in total. The predicted molar refractivity (Wildman–Crippen MR) is 72.5 cm³/mol. The Morgan fingerprint density at radius 2 is 2.17 bits per heavy atom. The summed E-state index contributed by atoms with van der Waals surface area (Å²) >= 11 is 1.58. The third-order valence-electron chi connectivity index (χ3n) is 2.51. The van der Waals surface area contributed by atoms with Gasteiger partial charge in [-0.15, -0.1) is 11.8 Å². The standard InChI is InChI=1S/C14H14N2OS/c1-4-18-14-12(8-15)11(7-9(2)16-14)13-6-5-10(3)17-13/h5-7H,4H2,1-3H3. The fraction of sp³-hybridized carbons (Fsp3) is 0.286. The van der Waals surface area contributed by atoms with Crippen LogP contribution in [0.4, 0.5) is 0 Å². The number of pyridine rings is 1. The second-order valence-electron chi connectivity index (χ2n) is 3.95. The van der Waals surface area contributed by atoms with Crippen LogP contribution in [0.2, 0.25) is 0 Å². The van der Waals surface area contributed by atoms with E-state index in [1.165, 1.54) is 0 Å². The molecular weight excluding hydrogens is 244 g/mol. The smallest absolute Gasteiger partial charge is 0.135 e. The van der Waals surface area contributed by atoms with E-state index in [0.29, 0.717) is 5.56 Å². The molecule has 0 atom stereocenters. The number of furan rings is 1. The molecule has 0 saturated carbocycles. The summed E-state index contributed by atoms with van der Waals surface area (Å²) in [7, 11) is 0. The van der Waals surface area contributed by atoms with Crippen molar-refractivity contribution < 1.29 is 4.42 Å². The molecule has 0 aliphatic carbocycles. The van der Waals surface area contributed by atoms with E-state index in [2.05, 4.69) is 11.1 Å². The number of thioether (sulfide) groups is 1. The summed E-state index contributed by atoms with van der Waals surface area (Å²) in [5.41, 5.74) is 2.32. The van der Waals surface area contributed by atoms with Crippen LogP contribution in [0.1, 0.15) is 23.9 Å². The quantitative estimate of drug-likeness (QED) is 0.782. The van der Waals surface area contributed by atoms with E-state index in [4.69, 9.17) is 4.42 Å². The normalized spacial score (nSPS) is 10.3. The molecule has 0 aliphatic heterocycles. The highest BCUT2D eigenvalue weighted by Crippen LogP contribution is 2.31. The highest BCUT2D eigenvalue weighted by molar-refractivity contribution is 7.99. The van der Waals surface area contributed by atoms with Gasteiger partial charge in [0.25, 0.3) is 0 Å². The van der Waals surface area contributed by atoms with Crippen LogP contribution in [-0.4, -0.2) is 10.7 Å². The molecular formula is C14H14N2OS. The van der Waals surface area contributed by atoms with Crippen LogP contribution in [0.25, 0.3) is 11.3 Å². The van der Waals surface area contributed by atoms with Crippen LogP contribution in [-0.2, 0) is 0 Å². The Kier molecular flexibility index (Phi) is 3.73. The summed E-state index contributed by atoms with van der Waals surface area (Å²) in [6.45, 7) is 5.87. The van der Waals surface area contributed by atoms with Crippen molar-refractivity contribution in [2.24, 2.45) is 0 Å². The predicted octanol–water partition coefficient (Wildman–Crippen LogP) is 3.94. The summed E-state index contributed by atoms with van der Waals surface area (Å²) in [5.74, 6) is 2.46. The summed E-state index contributed by atoms with van der Waals surface area (Å²) in [4.78, 5) is 4.43. The van der Waals surface area contributed by atoms with E-state index in [1.54, 1.807) is 11.8 Å². The molecule has 3 nitrogen and oxygen atoms in total. The second-order valence-corrected chi connectivity index (χ2v) is 5.20. The van der Waals surface area contributed by atoms with Crippen LogP contribution in [0, 0.1) is 25.2 Å². The summed E-state index contributed by atoms with van der Waals surface area (Å²) in [6.07, 6.45) is 0. The molecule has 2 aromatic heterocycles. The molecule has 0 fully saturated rings. The van der Waals surface area contributed by atoms with Crippen molar-refractivity contribution in [2.45, 2.75) is 25.8 Å². The number of hydrogen-bond acceptors (Lipinski definition) is 4. The van der Waals surface area contributed by atoms with Gasteiger partial charge in [-0.05, 0) is 37.8 Å². The average Bonchev–Trinajstić information content (AvgIpc) is 2.75. The van der Waals surface area contributed by atoms with Crippen molar-refractivity contribution in [1.82, 2.24) is 4.98 Å². The van der Waals surface area contributed by atoms with Gasteiger partial charge in [-0.3, -0.25) is 0 Å². The molecule has 0 saturated heterocycles. The fourth-order valence-electron chi connectivity index (χ4n) is 1.77. The van der Waals surface area contributed by atoms with Crippen LogP contribution < -0.4 is 0 Å². The topological polar surface area (TPSA) is 49.8 Å². The Balaban J connectivity index is 2.63. The van der Waals surface area contributed by atoms with Gasteiger partial charge < -0.3 is 4.42 Å². The zero-order chi connectivity index (χ0) is 13.1. The molecule has 0 aliphatic rings. The van der Waals surface area contributed by atoms with Crippen LogP contribution in [0.15, 0.2) is 27.6 Å². The number of nitriles is 1. The lowest BCUT2D eigenvalue weighted by atomic mass is 10.1. The van der Waals surface area contributed by atoms with Gasteiger partial charge in [0.15, 0.2) is 0 Å². The van der Waals surface area contributed by atoms with Crippen LogP contribution in [0.3, 0.4) is 0 Å². The van der Waals surface area contributed by atoms with Crippen molar-refractivity contribution in [3.05, 3.63) is 35.2 Å². The summed E-state index contributed by atoms with van der Waals surface area (Å²) in [5, 5.41) is 10.1. The lowest BCUT2D eigenvalue weighted by Crippen LogP contribution is -1.94. The first kappa shape index (κ1) is 12.7. The Hall–Kier alpha value is -1.73. The van der Waals surface area contributed by atoms with E-state index in [-0.39, 0.29) is 0 Å². The molecule has 2 rings (SSSR count). The third kappa shape index (κ3) is 2.41. The SMILES string of the molecule is CCSc1nc(C)cc(-c2ccc(C)o2)c1C#N. The van der Waals surface area contributed by atoms with Gasteiger partial charge in [0.1, 0.15) is 22.6 Å². The highest BCUT2D eigenvalue weighted by atomic mass is 32.2. The zero-order valence-electron chi connectivity index (χ0n) is 10.7. The van der Waals surface area contributed by atoms with Crippen molar-refractivity contribution in [1.29, 1.82) is 5.26 Å². The van der Waals surface area contributed by atoms with Gasteiger partial charge in [0, 0.05) is 11.3 Å². The minimum atomic E-state index is 0.599. The Labute approximate surface area is 111 Å². The maximum Gasteiger partial charge on any atom is 0.135 e. The maximum absolute atomic E-state index is 9.34. The number of aromatic nitrogens is 1. The Morgan fingerprint density at radius 1 is 1.39 bits per heavy atom. The van der Waals surface area contributed by atoms with Gasteiger partial charge in [-0.1, -0.05) is 6.92 Å². The minimum absolute atomic E-state index is 0.599. The van der Waals surface area contributed by atoms with Crippen molar-refractivity contribution >= 4 is 11.8 Å². The molecule has 0 spiro atoms. The van der Waals surface area contributed by atoms with Crippen molar-refractivity contribution in [2.75, 3.05) is 5.75 Å². The molecule has 92 valence electrons. The number of rotatable bonds is 3. The third-order valence-corrected chi connectivity index (χ3v) is 3.37. The van der Waals surface area contributed by atoms with E-state index in [0.717, 1.165) is 33.6 Å². The van der Waals surface area contributed by atoms with Gasteiger partial charge in [-0.2, -0.15) is 5.26 Å². The van der Waals surface area contributed by atoms with Crippen molar-refractivity contribution in [3.8, 4) is 17.4 Å². The molecule has 0 aromatic carbocycles. The van der Waals surface area contributed by atoms with E-state index in [9.17, 15) is 5.26 Å². The second kappa shape index (κ2) is 5.28. The molecule has 0 unspecified atom stereocenters. The van der Waals surface area contributed by atoms with Crippen LogP contribution in [0.5, 0.6) is 0 Å². The Morgan fingerprint density at radius 3 is 2.72 bits per heavy atom. The molecule has 2 aromatic rings. The van der Waals surface area contributed by atoms with E-state index >= 15 is 0 Å². The minimum Gasteiger partial charge on any atom is -0.461 e. The highest BCUT2D eigenvalue weighted by Gasteiger charge is 2.15. The van der Waals surface area contributed by atoms with Gasteiger partial charge in [0.05, 0.1) is 5.56 Å². The largest absolute Gasteiger partial charge is 0.461 e. The number of aryl methyl sites for hydroxylation is 2. The number of nitrogens with zero attached hydrogens (tertiary/aromatic N) is 2. The van der Waals surface area contributed by atoms with Crippen LogP contribution >= 0.6 is 11.8 Å². The van der Waals surface area contributed by atoms with Crippen molar-refractivity contribution in [3.63, 3.8) is 0 Å². The molecule has 0 bridgehead atoms. The van der Waals surface area contributed by atoms with Gasteiger partial charge in [0.2, 0.25) is 0 Å². The first-order valence-corrected chi connectivity index (χ1v) is 6.75. The molecule has 2 heterocycles. The average molecular weight is 258 g/mol. The molecule has 18 heavy (non-hydrogen) atoms. The maximum atomic E-state index is 9.34. The molecule has 0 radical (unpaired) electrons. The van der Waals surface area contributed by atoms with E-state index in [1.807, 2.05) is 39.0 Å². The summed E-state index contributed by atoms with van der Waals surface area (Å²) in [6, 6.07) is 7.94. The van der Waals surface area contributed by atoms with Gasteiger partial charge >= 0.3 is 0 Å². The monoisotopic (exact) mass is 258 g/mol. The molecule has 4 heteroatoms. The first-order chi connectivity index (χ1) is 8.65. The fourth-order valence-corrected chi connectivity index (χ4v) is 2.55. The van der Waals surface area contributed by atoms with Gasteiger partial charge in [-0.25, -0.2) is 4.98 Å². The Bertz CT molecular complexity index is 611.